The van der Waals surface area contributed by atoms with Gasteiger partial charge in [0.15, 0.2) is 0 Å². The van der Waals surface area contributed by atoms with Crippen molar-refractivity contribution in [1.82, 2.24) is 0 Å². The summed E-state index contributed by atoms with van der Waals surface area (Å²) < 4.78 is 31.3. The molecule has 0 radical (unpaired) electrons. The van der Waals surface area contributed by atoms with E-state index in [-0.39, 0.29) is 10.3 Å². The molecule has 16 heavy (non-hydrogen) atoms. The Balaban J connectivity index is 4.63. The molecule has 96 valence electrons. The van der Waals surface area contributed by atoms with Crippen molar-refractivity contribution in [3.63, 3.8) is 0 Å². The van der Waals surface area contributed by atoms with Crippen LogP contribution in [0.25, 0.3) is 0 Å². The number of carbonyl (C=O) groups is 1. The lowest BCUT2D eigenvalue weighted by atomic mass is 9.92. The topological polar surface area (TPSA) is 26.3 Å². The van der Waals surface area contributed by atoms with Crippen LogP contribution in [0.3, 0.4) is 0 Å². The maximum Gasteiger partial charge on any atom is 0.377 e. The Hall–Kier alpha value is 0.0600. The van der Waals surface area contributed by atoms with Crippen molar-refractivity contribution in [2.75, 3.05) is 7.11 Å². The van der Waals surface area contributed by atoms with Crippen molar-refractivity contribution in [1.29, 1.82) is 0 Å². The van der Waals surface area contributed by atoms with Crippen LogP contribution in [0.4, 0.5) is 8.78 Å². The van der Waals surface area contributed by atoms with E-state index in [1.54, 1.807) is 6.92 Å². The second kappa shape index (κ2) is 7.40. The van der Waals surface area contributed by atoms with Crippen LogP contribution < -0.4 is 0 Å². The van der Waals surface area contributed by atoms with Gasteiger partial charge in [0.25, 0.3) is 0 Å². The molecule has 2 atom stereocenters. The number of hydrogen-bond donors (Lipinski definition) is 0. The van der Waals surface area contributed by atoms with E-state index >= 15 is 0 Å². The fourth-order valence-electron chi connectivity index (χ4n) is 1.63. The second-order valence-electron chi connectivity index (χ2n) is 3.79. The van der Waals surface area contributed by atoms with Crippen molar-refractivity contribution in [3.05, 3.63) is 0 Å². The van der Waals surface area contributed by atoms with Crippen LogP contribution in [0, 0.1) is 5.92 Å². The van der Waals surface area contributed by atoms with Gasteiger partial charge in [0.1, 0.15) is 0 Å². The molecule has 0 fully saturated rings. The summed E-state index contributed by atoms with van der Waals surface area (Å²) in [5.41, 5.74) is 0. The SMILES string of the molecule is CCCCC(I)C(CC)C(F)(F)C(=O)OC. The van der Waals surface area contributed by atoms with E-state index in [4.69, 9.17) is 0 Å². The standard InChI is InChI=1S/C11H19F2IO2/c1-4-6-7-9(14)8(5-2)11(12,13)10(15)16-3/h8-9H,4-7H2,1-3H3. The molecule has 0 saturated heterocycles. The molecule has 0 aromatic carbocycles. The zero-order valence-electron chi connectivity index (χ0n) is 9.93. The Labute approximate surface area is 109 Å². The summed E-state index contributed by atoms with van der Waals surface area (Å²) in [6.07, 6.45) is 2.86. The zero-order valence-corrected chi connectivity index (χ0v) is 12.1. The summed E-state index contributed by atoms with van der Waals surface area (Å²) in [7, 11) is 0.997. The van der Waals surface area contributed by atoms with E-state index in [1.807, 2.05) is 29.5 Å². The molecule has 0 aliphatic carbocycles. The van der Waals surface area contributed by atoms with E-state index < -0.39 is 17.8 Å². The maximum atomic E-state index is 13.7. The Kier molecular flexibility index (Phi) is 7.43. The minimum absolute atomic E-state index is 0.198. The summed E-state index contributed by atoms with van der Waals surface area (Å²) >= 11 is 2.01. The van der Waals surface area contributed by atoms with E-state index in [0.29, 0.717) is 6.42 Å². The fourth-order valence-corrected chi connectivity index (χ4v) is 3.03. The molecule has 2 nitrogen and oxygen atoms in total. The van der Waals surface area contributed by atoms with Gasteiger partial charge < -0.3 is 4.74 Å². The lowest BCUT2D eigenvalue weighted by molar-refractivity contribution is -0.177. The number of halogens is 3. The predicted octanol–water partition coefficient (Wildman–Crippen LogP) is 3.81. The first-order valence-electron chi connectivity index (χ1n) is 5.52. The van der Waals surface area contributed by atoms with Gasteiger partial charge in [0.2, 0.25) is 0 Å². The van der Waals surface area contributed by atoms with Crippen LogP contribution in [-0.4, -0.2) is 22.9 Å². The summed E-state index contributed by atoms with van der Waals surface area (Å²) in [5.74, 6) is -5.73. The highest BCUT2D eigenvalue weighted by Crippen LogP contribution is 2.36. The lowest BCUT2D eigenvalue weighted by Crippen LogP contribution is -2.42. The van der Waals surface area contributed by atoms with Gasteiger partial charge in [-0.05, 0) is 12.8 Å². The van der Waals surface area contributed by atoms with Crippen LogP contribution >= 0.6 is 22.6 Å². The van der Waals surface area contributed by atoms with Crippen molar-refractivity contribution < 1.29 is 18.3 Å². The molecule has 0 N–H and O–H groups in total. The number of rotatable bonds is 7. The van der Waals surface area contributed by atoms with Gasteiger partial charge in [0, 0.05) is 9.84 Å². The summed E-state index contributed by atoms with van der Waals surface area (Å²) in [6.45, 7) is 3.70. The van der Waals surface area contributed by atoms with Crippen molar-refractivity contribution in [2.45, 2.75) is 49.4 Å². The average Bonchev–Trinajstić information content (AvgIpc) is 2.25. The molecule has 0 aliphatic rings. The number of unbranched alkanes of at least 4 members (excludes halogenated alkanes) is 1. The molecular weight excluding hydrogens is 329 g/mol. The molecule has 0 bridgehead atoms. The van der Waals surface area contributed by atoms with Crippen LogP contribution in [-0.2, 0) is 9.53 Å². The number of hydrogen-bond acceptors (Lipinski definition) is 2. The summed E-state index contributed by atoms with van der Waals surface area (Å²) in [6, 6.07) is 0. The van der Waals surface area contributed by atoms with Gasteiger partial charge in [-0.2, -0.15) is 8.78 Å². The Morgan fingerprint density at radius 1 is 1.44 bits per heavy atom. The molecule has 0 aliphatic heterocycles. The molecule has 2 unspecified atom stereocenters. The van der Waals surface area contributed by atoms with Crippen LogP contribution in [0.5, 0.6) is 0 Å². The third-order valence-electron chi connectivity index (χ3n) is 2.63. The molecule has 5 heteroatoms. The van der Waals surface area contributed by atoms with Gasteiger partial charge in [-0.1, -0.05) is 49.3 Å². The van der Waals surface area contributed by atoms with Crippen LogP contribution in [0.2, 0.25) is 0 Å². The third kappa shape index (κ3) is 4.14. The number of esters is 1. The number of alkyl halides is 3. The molecule has 0 rings (SSSR count). The quantitative estimate of drug-likeness (QED) is 0.397. The number of methoxy groups -OCH3 is 1. The van der Waals surface area contributed by atoms with Crippen molar-refractivity contribution >= 4 is 28.6 Å². The third-order valence-corrected chi connectivity index (χ3v) is 4.12. The Morgan fingerprint density at radius 3 is 2.38 bits per heavy atom. The highest BCUT2D eigenvalue weighted by Gasteiger charge is 2.49. The molecule has 0 aromatic heterocycles. The molecular formula is C11H19F2IO2. The first-order chi connectivity index (χ1) is 7.41. The Bertz CT molecular complexity index is 222. The lowest BCUT2D eigenvalue weighted by Gasteiger charge is -2.27. The van der Waals surface area contributed by atoms with Gasteiger partial charge in [-0.3, -0.25) is 0 Å². The number of ether oxygens (including phenoxy) is 1. The number of carbonyl (C=O) groups excluding carboxylic acids is 1. The highest BCUT2D eigenvalue weighted by molar-refractivity contribution is 14.1. The minimum Gasteiger partial charge on any atom is -0.465 e. The van der Waals surface area contributed by atoms with Crippen molar-refractivity contribution in [3.8, 4) is 0 Å². The summed E-state index contributed by atoms with van der Waals surface area (Å²) in [5, 5.41) is 0. The Morgan fingerprint density at radius 2 is 2.00 bits per heavy atom. The van der Waals surface area contributed by atoms with E-state index in [0.717, 1.165) is 20.0 Å². The maximum absolute atomic E-state index is 13.7. The molecule has 0 saturated carbocycles. The van der Waals surface area contributed by atoms with Crippen molar-refractivity contribution in [2.24, 2.45) is 5.92 Å². The largest absolute Gasteiger partial charge is 0.465 e. The van der Waals surface area contributed by atoms with E-state index in [9.17, 15) is 13.6 Å². The van der Waals surface area contributed by atoms with Crippen LogP contribution in [0.1, 0.15) is 39.5 Å². The van der Waals surface area contributed by atoms with Gasteiger partial charge >= 0.3 is 11.9 Å². The van der Waals surface area contributed by atoms with E-state index in [1.165, 1.54) is 0 Å². The molecule has 0 amide bonds. The normalized spacial score (nSPS) is 15.6. The first-order valence-corrected chi connectivity index (χ1v) is 6.76. The van der Waals surface area contributed by atoms with Gasteiger partial charge in [0.05, 0.1) is 7.11 Å². The van der Waals surface area contributed by atoms with Gasteiger partial charge in [-0.25, -0.2) is 4.79 Å². The van der Waals surface area contributed by atoms with E-state index in [2.05, 4.69) is 4.74 Å². The van der Waals surface area contributed by atoms with Crippen LogP contribution in [0.15, 0.2) is 0 Å². The first kappa shape index (κ1) is 16.1. The average molecular weight is 348 g/mol. The van der Waals surface area contributed by atoms with Gasteiger partial charge in [-0.15, -0.1) is 0 Å². The summed E-state index contributed by atoms with van der Waals surface area (Å²) in [4.78, 5) is 11.0. The smallest absolute Gasteiger partial charge is 0.377 e. The highest BCUT2D eigenvalue weighted by atomic mass is 127. The monoisotopic (exact) mass is 348 g/mol. The molecule has 0 spiro atoms. The second-order valence-corrected chi connectivity index (χ2v) is 5.39. The molecule has 0 aromatic rings. The zero-order chi connectivity index (χ0) is 12.8. The molecule has 0 heterocycles. The predicted molar refractivity (Wildman–Crippen MR) is 68.1 cm³/mol. The minimum atomic E-state index is -3.37. The fraction of sp³-hybridized carbons (Fsp3) is 0.909.